The molecule has 6 aliphatic rings. The van der Waals surface area contributed by atoms with Gasteiger partial charge in [0, 0.05) is 27.5 Å². The Hall–Kier alpha value is -6.71. The first kappa shape index (κ1) is 35.8. The van der Waals surface area contributed by atoms with Crippen molar-refractivity contribution in [3.63, 3.8) is 0 Å². The molecule has 1 spiro atoms. The lowest BCUT2D eigenvalue weighted by Crippen LogP contribution is -2.55. The van der Waals surface area contributed by atoms with E-state index in [1.54, 1.807) is 5.56 Å². The first-order valence-electron chi connectivity index (χ1n) is 23.2. The lowest BCUT2D eigenvalue weighted by molar-refractivity contribution is -0.0397. The van der Waals surface area contributed by atoms with Gasteiger partial charge in [0.15, 0.2) is 17.5 Å². The fourth-order valence-electron chi connectivity index (χ4n) is 14.0. The number of hydrogen-bond acceptors (Lipinski definition) is 3. The van der Waals surface area contributed by atoms with Gasteiger partial charge in [0.2, 0.25) is 0 Å². The van der Waals surface area contributed by atoms with Gasteiger partial charge in [-0.2, -0.15) is 0 Å². The zero-order chi connectivity index (χ0) is 41.6. The Balaban J connectivity index is 0.991. The maximum atomic E-state index is 5.39. The molecule has 3 nitrogen and oxygen atoms in total. The summed E-state index contributed by atoms with van der Waals surface area (Å²) >= 11 is 0. The molecular formula is C60H47N3. The third kappa shape index (κ3) is 5.00. The number of benzene rings is 8. The molecule has 0 radical (unpaired) electrons. The standard InChI is InChI=1S/C60H47N3/c1-59(2)51-19-8-7-15-50(51)54-47(16-10-20-52(54)59)49-18-9-17-48-46-26-25-43(34-53(46)60(55(48)49)44-28-35-27-36(30-44)31-45(60)29-35)58-62-56(41-23-21-37-11-3-5-13-39(37)32-41)61-57(63-58)42-24-22-38-12-4-6-14-40(38)33-42/h3-26,32-36,44-45H,27-31H2,1-2H3. The summed E-state index contributed by atoms with van der Waals surface area (Å²) in [5.41, 5.74) is 17.4. The van der Waals surface area contributed by atoms with Crippen molar-refractivity contribution in [3.05, 3.63) is 186 Å². The highest BCUT2D eigenvalue weighted by Gasteiger charge is 2.62. The van der Waals surface area contributed by atoms with E-state index in [9.17, 15) is 0 Å². The lowest BCUT2D eigenvalue weighted by atomic mass is 9.42. The van der Waals surface area contributed by atoms with Crippen molar-refractivity contribution in [1.29, 1.82) is 0 Å². The van der Waals surface area contributed by atoms with Gasteiger partial charge < -0.3 is 0 Å². The first-order chi connectivity index (χ1) is 30.9. The second-order valence-corrected chi connectivity index (χ2v) is 20.0. The van der Waals surface area contributed by atoms with Gasteiger partial charge in [0.1, 0.15) is 0 Å². The molecule has 302 valence electrons. The predicted molar refractivity (Wildman–Crippen MR) is 257 cm³/mol. The zero-order valence-electron chi connectivity index (χ0n) is 35.8. The fourth-order valence-corrected chi connectivity index (χ4v) is 14.0. The van der Waals surface area contributed by atoms with Crippen LogP contribution in [-0.2, 0) is 10.8 Å². The smallest absolute Gasteiger partial charge is 0.164 e. The van der Waals surface area contributed by atoms with Gasteiger partial charge in [-0.3, -0.25) is 0 Å². The third-order valence-corrected chi connectivity index (χ3v) is 16.5. The molecule has 9 aromatic rings. The SMILES string of the molecule is CC1(C)c2ccccc2-c2c(-c3cccc4c3C3(c5cc(-c6nc(-c7ccc8ccccc8c7)nc(-c7ccc8ccccc8c7)n6)ccc5-4)C4CC5CC(C4)CC3C5)cccc21. The minimum atomic E-state index is -0.0730. The summed E-state index contributed by atoms with van der Waals surface area (Å²) in [7, 11) is 0. The number of hydrogen-bond donors (Lipinski definition) is 0. The molecule has 4 fully saturated rings. The summed E-state index contributed by atoms with van der Waals surface area (Å²) in [6.07, 6.45) is 6.69. The highest BCUT2D eigenvalue weighted by atomic mass is 15.0. The Bertz CT molecular complexity index is 3280. The van der Waals surface area contributed by atoms with E-state index in [-0.39, 0.29) is 10.8 Å². The van der Waals surface area contributed by atoms with Crippen LogP contribution < -0.4 is 0 Å². The number of fused-ring (bicyclic) bond motifs is 8. The first-order valence-corrected chi connectivity index (χ1v) is 23.2. The molecule has 4 saturated carbocycles. The van der Waals surface area contributed by atoms with E-state index >= 15 is 0 Å². The average molecular weight is 810 g/mol. The summed E-state index contributed by atoms with van der Waals surface area (Å²) in [6, 6.07) is 61.0. The van der Waals surface area contributed by atoms with Gasteiger partial charge in [-0.25, -0.2) is 15.0 Å². The maximum absolute atomic E-state index is 5.39. The van der Waals surface area contributed by atoms with Crippen LogP contribution in [0, 0.1) is 23.7 Å². The normalized spacial score (nSPS) is 23.0. The summed E-state index contributed by atoms with van der Waals surface area (Å²) < 4.78 is 0. The molecule has 0 amide bonds. The van der Waals surface area contributed by atoms with Crippen molar-refractivity contribution in [2.75, 3.05) is 0 Å². The molecule has 15 rings (SSSR count). The number of rotatable bonds is 4. The van der Waals surface area contributed by atoms with E-state index in [1.165, 1.54) is 104 Å². The topological polar surface area (TPSA) is 38.7 Å². The van der Waals surface area contributed by atoms with Gasteiger partial charge in [-0.05, 0) is 151 Å². The molecule has 1 aromatic heterocycles. The fraction of sp³-hybridized carbons (Fsp3) is 0.217. The molecule has 3 heteroatoms. The Labute approximate surface area is 369 Å². The van der Waals surface area contributed by atoms with E-state index in [0.717, 1.165) is 34.4 Å². The van der Waals surface area contributed by atoms with E-state index in [2.05, 4.69) is 178 Å². The minimum Gasteiger partial charge on any atom is -0.208 e. The Morgan fingerprint density at radius 3 is 1.49 bits per heavy atom. The summed E-state index contributed by atoms with van der Waals surface area (Å²) in [5.74, 6) is 5.01. The van der Waals surface area contributed by atoms with Crippen LogP contribution in [0.4, 0.5) is 0 Å². The van der Waals surface area contributed by atoms with Gasteiger partial charge in [-0.15, -0.1) is 0 Å². The molecule has 63 heavy (non-hydrogen) atoms. The highest BCUT2D eigenvalue weighted by Crippen LogP contribution is 2.71. The average Bonchev–Trinajstić information content (AvgIpc) is 3.75. The molecule has 4 bridgehead atoms. The van der Waals surface area contributed by atoms with Crippen molar-refractivity contribution in [2.45, 2.75) is 56.8 Å². The second-order valence-electron chi connectivity index (χ2n) is 20.0. The third-order valence-electron chi connectivity index (χ3n) is 16.5. The van der Waals surface area contributed by atoms with Crippen LogP contribution in [0.5, 0.6) is 0 Å². The molecule has 0 N–H and O–H groups in total. The molecule has 6 aliphatic carbocycles. The zero-order valence-corrected chi connectivity index (χ0v) is 35.8. The Morgan fingerprint density at radius 1 is 0.381 bits per heavy atom. The number of nitrogens with zero attached hydrogens (tertiary/aromatic N) is 3. The molecule has 0 aliphatic heterocycles. The predicted octanol–water partition coefficient (Wildman–Crippen LogP) is 14.9. The second kappa shape index (κ2) is 12.9. The van der Waals surface area contributed by atoms with Crippen molar-refractivity contribution >= 4 is 21.5 Å². The largest absolute Gasteiger partial charge is 0.208 e. The van der Waals surface area contributed by atoms with Crippen LogP contribution in [0.3, 0.4) is 0 Å². The van der Waals surface area contributed by atoms with E-state index in [4.69, 9.17) is 15.0 Å². The summed E-state index contributed by atoms with van der Waals surface area (Å²) in [6.45, 7) is 4.82. The van der Waals surface area contributed by atoms with Gasteiger partial charge >= 0.3 is 0 Å². The van der Waals surface area contributed by atoms with Crippen molar-refractivity contribution in [1.82, 2.24) is 15.0 Å². The van der Waals surface area contributed by atoms with E-state index < -0.39 is 0 Å². The van der Waals surface area contributed by atoms with Crippen LogP contribution in [0.1, 0.15) is 68.2 Å². The Morgan fingerprint density at radius 2 is 0.857 bits per heavy atom. The van der Waals surface area contributed by atoms with E-state index in [1.807, 2.05) is 0 Å². The maximum Gasteiger partial charge on any atom is 0.164 e. The molecule has 0 saturated heterocycles. The summed E-state index contributed by atoms with van der Waals surface area (Å²) in [4.78, 5) is 16.0. The lowest BCUT2D eigenvalue weighted by Gasteiger charge is -2.61. The molecule has 1 heterocycles. The molecule has 0 atom stereocenters. The van der Waals surface area contributed by atoms with Crippen molar-refractivity contribution < 1.29 is 0 Å². The van der Waals surface area contributed by atoms with Crippen LogP contribution in [-0.4, -0.2) is 15.0 Å². The van der Waals surface area contributed by atoms with Gasteiger partial charge in [0.25, 0.3) is 0 Å². The monoisotopic (exact) mass is 809 g/mol. The van der Waals surface area contributed by atoms with Crippen LogP contribution >= 0.6 is 0 Å². The van der Waals surface area contributed by atoms with Gasteiger partial charge in [-0.1, -0.05) is 159 Å². The quantitative estimate of drug-likeness (QED) is 0.178. The number of aromatic nitrogens is 3. The molecule has 0 unspecified atom stereocenters. The molecule has 8 aromatic carbocycles. The van der Waals surface area contributed by atoms with Crippen molar-refractivity contribution in [3.8, 4) is 67.5 Å². The van der Waals surface area contributed by atoms with Crippen LogP contribution in [0.15, 0.2) is 164 Å². The Kier molecular flexibility index (Phi) is 7.35. The van der Waals surface area contributed by atoms with Gasteiger partial charge in [0.05, 0.1) is 0 Å². The van der Waals surface area contributed by atoms with E-state index in [0.29, 0.717) is 23.5 Å². The highest BCUT2D eigenvalue weighted by molar-refractivity contribution is 5.98. The van der Waals surface area contributed by atoms with Crippen molar-refractivity contribution in [2.24, 2.45) is 23.7 Å². The van der Waals surface area contributed by atoms with Crippen LogP contribution in [0.25, 0.3) is 89.1 Å². The van der Waals surface area contributed by atoms with Crippen LogP contribution in [0.2, 0.25) is 0 Å². The molecular weight excluding hydrogens is 763 g/mol. The summed E-state index contributed by atoms with van der Waals surface area (Å²) in [5, 5.41) is 4.76. The minimum absolute atomic E-state index is 0.0555.